The first kappa shape index (κ1) is 5.80. The Kier molecular flexibility index (Phi) is 1.07. The first-order valence-electron chi connectivity index (χ1n) is 2.96. The molecule has 0 aliphatic carbocycles. The maximum atomic E-state index is 8.45. The lowest BCUT2D eigenvalue weighted by molar-refractivity contribution is 1.21. The zero-order valence-corrected chi connectivity index (χ0v) is 5.44. The molecule has 0 spiro atoms. The van der Waals surface area contributed by atoms with Crippen molar-refractivity contribution in [1.82, 2.24) is 19.9 Å². The number of rotatable bonds is 0. The smallest absolute Gasteiger partial charge is 0.197 e. The summed E-state index contributed by atoms with van der Waals surface area (Å²) in [4.78, 5) is 14.4. The summed E-state index contributed by atoms with van der Waals surface area (Å²) in [7, 11) is 0. The Bertz CT molecular complexity index is 424. The topological polar surface area (TPSA) is 78.2 Å². The van der Waals surface area contributed by atoms with Gasteiger partial charge in [0.25, 0.3) is 0 Å². The van der Waals surface area contributed by atoms with E-state index in [0.717, 1.165) is 0 Å². The fourth-order valence-corrected chi connectivity index (χ4v) is 0.782. The van der Waals surface area contributed by atoms with Crippen molar-refractivity contribution in [3.05, 3.63) is 18.2 Å². The molecule has 5 heteroatoms. The van der Waals surface area contributed by atoms with E-state index in [1.165, 1.54) is 12.5 Å². The van der Waals surface area contributed by atoms with Crippen LogP contribution in [0.25, 0.3) is 11.3 Å². The van der Waals surface area contributed by atoms with E-state index in [2.05, 4.69) is 19.9 Å². The Morgan fingerprint density at radius 3 is 3.18 bits per heavy atom. The molecular weight excluding hydrogens is 142 g/mol. The number of imidazole rings is 1. The summed E-state index contributed by atoms with van der Waals surface area (Å²) in [5, 5.41) is 8.45. The fourth-order valence-electron chi connectivity index (χ4n) is 0.782. The van der Waals surface area contributed by atoms with Gasteiger partial charge >= 0.3 is 0 Å². The lowest BCUT2D eigenvalue weighted by Gasteiger charge is -1.85. The maximum absolute atomic E-state index is 8.45. The largest absolute Gasteiger partial charge is 0.328 e. The molecule has 52 valence electrons. The second kappa shape index (κ2) is 2.02. The molecule has 0 saturated heterocycles. The molecule has 2 aromatic heterocycles. The molecule has 0 aliphatic heterocycles. The van der Waals surface area contributed by atoms with Crippen molar-refractivity contribution in [2.75, 3.05) is 0 Å². The van der Waals surface area contributed by atoms with Crippen molar-refractivity contribution in [2.24, 2.45) is 0 Å². The number of fused-ring (bicyclic) bond motifs is 1. The zero-order chi connectivity index (χ0) is 7.68. The Balaban J connectivity index is 2.79. The van der Waals surface area contributed by atoms with Gasteiger partial charge in [0.2, 0.25) is 0 Å². The average molecular weight is 145 g/mol. The molecule has 0 aromatic carbocycles. The Labute approximate surface area is 61.7 Å². The molecule has 11 heavy (non-hydrogen) atoms. The molecule has 0 atom stereocenters. The van der Waals surface area contributed by atoms with Crippen LogP contribution in [-0.2, 0) is 0 Å². The van der Waals surface area contributed by atoms with Crippen molar-refractivity contribution < 1.29 is 0 Å². The summed E-state index contributed by atoms with van der Waals surface area (Å²) in [6, 6.07) is 1.89. The summed E-state index contributed by atoms with van der Waals surface area (Å²) >= 11 is 0. The van der Waals surface area contributed by atoms with Crippen LogP contribution in [0.3, 0.4) is 0 Å². The van der Waals surface area contributed by atoms with Crippen LogP contribution in [0.5, 0.6) is 0 Å². The van der Waals surface area contributed by atoms with E-state index in [0.29, 0.717) is 17.0 Å². The van der Waals surface area contributed by atoms with Crippen molar-refractivity contribution in [3.8, 4) is 6.07 Å². The monoisotopic (exact) mass is 145 g/mol. The van der Waals surface area contributed by atoms with Crippen LogP contribution in [0.15, 0.2) is 12.5 Å². The number of aromatic nitrogens is 4. The summed E-state index contributed by atoms with van der Waals surface area (Å²) in [5.74, 6) is 0. The van der Waals surface area contributed by atoms with E-state index in [-0.39, 0.29) is 0 Å². The molecule has 0 bridgehead atoms. The first-order valence-corrected chi connectivity index (χ1v) is 2.96. The van der Waals surface area contributed by atoms with Crippen molar-refractivity contribution >= 4 is 11.3 Å². The highest BCUT2D eigenvalue weighted by Crippen LogP contribution is 2.01. The van der Waals surface area contributed by atoms with Gasteiger partial charge in [-0.25, -0.2) is 15.0 Å². The maximum Gasteiger partial charge on any atom is 0.197 e. The molecular formula is C6H3N5. The normalized spacial score (nSPS) is 9.73. The number of nitrogens with zero attached hydrogens (tertiary/aromatic N) is 4. The van der Waals surface area contributed by atoms with Crippen molar-refractivity contribution in [3.63, 3.8) is 0 Å². The van der Waals surface area contributed by atoms with Crippen molar-refractivity contribution in [2.45, 2.75) is 0 Å². The molecule has 0 unspecified atom stereocenters. The Hall–Kier alpha value is -1.96. The quantitative estimate of drug-likeness (QED) is 0.575. The highest BCUT2D eigenvalue weighted by Gasteiger charge is 1.98. The number of aromatic amines is 1. The second-order valence-electron chi connectivity index (χ2n) is 1.94. The summed E-state index contributed by atoms with van der Waals surface area (Å²) in [6.45, 7) is 0. The highest BCUT2D eigenvalue weighted by atomic mass is 15.0. The fraction of sp³-hybridized carbons (Fsp3) is 0. The lowest BCUT2D eigenvalue weighted by Crippen LogP contribution is -1.86. The van der Waals surface area contributed by atoms with Gasteiger partial charge in [0.05, 0.1) is 12.5 Å². The third-order valence-corrected chi connectivity index (χ3v) is 1.26. The van der Waals surface area contributed by atoms with E-state index in [9.17, 15) is 0 Å². The molecule has 0 fully saturated rings. The number of H-pyrrole nitrogens is 1. The molecule has 2 heterocycles. The van der Waals surface area contributed by atoms with Crippen LogP contribution in [0.2, 0.25) is 0 Å². The molecule has 0 radical (unpaired) electrons. The van der Waals surface area contributed by atoms with Gasteiger partial charge in [-0.3, -0.25) is 0 Å². The summed E-state index contributed by atoms with van der Waals surface area (Å²) in [5.41, 5.74) is 1.37. The minimum atomic E-state index is 0.293. The van der Waals surface area contributed by atoms with Crippen LogP contribution in [-0.4, -0.2) is 19.9 Å². The van der Waals surface area contributed by atoms with Crippen LogP contribution >= 0.6 is 0 Å². The summed E-state index contributed by atoms with van der Waals surface area (Å²) < 4.78 is 0. The van der Waals surface area contributed by atoms with Gasteiger partial charge < -0.3 is 4.98 Å². The third-order valence-electron chi connectivity index (χ3n) is 1.26. The number of hydrogen-bond donors (Lipinski definition) is 1. The van der Waals surface area contributed by atoms with Crippen molar-refractivity contribution in [1.29, 1.82) is 5.26 Å². The average Bonchev–Trinajstić information content (AvgIpc) is 2.50. The number of nitrogens with one attached hydrogen (secondary N) is 1. The zero-order valence-electron chi connectivity index (χ0n) is 5.44. The molecule has 1 N–H and O–H groups in total. The van der Waals surface area contributed by atoms with Gasteiger partial charge in [-0.1, -0.05) is 0 Å². The molecule has 0 amide bonds. The second-order valence-corrected chi connectivity index (χ2v) is 1.94. The minimum Gasteiger partial charge on any atom is -0.328 e. The van der Waals surface area contributed by atoms with E-state index < -0.39 is 0 Å². The molecule has 0 aliphatic rings. The van der Waals surface area contributed by atoms with Gasteiger partial charge in [-0.15, -0.1) is 0 Å². The van der Waals surface area contributed by atoms with E-state index in [4.69, 9.17) is 5.26 Å². The highest BCUT2D eigenvalue weighted by molar-refractivity contribution is 5.64. The SMILES string of the molecule is N#Cc1cnc2nc[nH]c2n1. The number of hydrogen-bond acceptors (Lipinski definition) is 4. The third kappa shape index (κ3) is 0.809. The number of nitriles is 1. The summed E-state index contributed by atoms with van der Waals surface area (Å²) in [6.07, 6.45) is 2.88. The van der Waals surface area contributed by atoms with Gasteiger partial charge in [0.15, 0.2) is 17.0 Å². The first-order chi connectivity index (χ1) is 5.40. The molecule has 2 aromatic rings. The van der Waals surface area contributed by atoms with Gasteiger partial charge in [0.1, 0.15) is 6.07 Å². The van der Waals surface area contributed by atoms with Gasteiger partial charge in [-0.05, 0) is 0 Å². The lowest BCUT2D eigenvalue weighted by atomic mass is 10.5. The Morgan fingerprint density at radius 2 is 2.36 bits per heavy atom. The standard InChI is InChI=1S/C6H3N5/c7-1-4-2-8-5-6(11-4)10-3-9-5/h2-3H,(H,8,9,10,11). The van der Waals surface area contributed by atoms with Crippen LogP contribution in [0, 0.1) is 11.3 Å². The molecule has 5 nitrogen and oxygen atoms in total. The van der Waals surface area contributed by atoms with Gasteiger partial charge in [0, 0.05) is 0 Å². The van der Waals surface area contributed by atoms with Crippen LogP contribution in [0.1, 0.15) is 5.69 Å². The predicted octanol–water partition coefficient (Wildman–Crippen LogP) is 0.225. The van der Waals surface area contributed by atoms with Crippen LogP contribution in [0.4, 0.5) is 0 Å². The molecule has 2 rings (SSSR count). The van der Waals surface area contributed by atoms with E-state index in [1.54, 1.807) is 0 Å². The van der Waals surface area contributed by atoms with Gasteiger partial charge in [-0.2, -0.15) is 5.26 Å². The molecule has 0 saturated carbocycles. The predicted molar refractivity (Wildman–Crippen MR) is 36.4 cm³/mol. The van der Waals surface area contributed by atoms with E-state index in [1.807, 2.05) is 6.07 Å². The van der Waals surface area contributed by atoms with E-state index >= 15 is 0 Å². The Morgan fingerprint density at radius 1 is 1.45 bits per heavy atom. The van der Waals surface area contributed by atoms with Crippen LogP contribution < -0.4 is 0 Å². The minimum absolute atomic E-state index is 0.293.